The van der Waals surface area contributed by atoms with Crippen molar-refractivity contribution in [1.82, 2.24) is 25.1 Å². The van der Waals surface area contributed by atoms with Crippen LogP contribution in [0, 0.1) is 6.92 Å². The van der Waals surface area contributed by atoms with Crippen molar-refractivity contribution in [3.05, 3.63) is 86.0 Å². The molecule has 1 fully saturated rings. The summed E-state index contributed by atoms with van der Waals surface area (Å²) in [5.74, 6) is 0.00687. The van der Waals surface area contributed by atoms with Crippen LogP contribution in [0.2, 0.25) is 10.0 Å². The molecule has 1 amide bonds. The first kappa shape index (κ1) is 30.6. The van der Waals surface area contributed by atoms with Crippen LogP contribution in [0.25, 0.3) is 22.4 Å². The fourth-order valence-electron chi connectivity index (χ4n) is 4.88. The second-order valence-electron chi connectivity index (χ2n) is 10.0. The molecule has 1 saturated heterocycles. The molecule has 2 unspecified atom stereocenters. The van der Waals surface area contributed by atoms with E-state index in [-0.39, 0.29) is 28.3 Å². The lowest BCUT2D eigenvalue weighted by Gasteiger charge is -2.28. The zero-order chi connectivity index (χ0) is 30.7. The van der Waals surface area contributed by atoms with Gasteiger partial charge in [-0.15, -0.1) is 0 Å². The number of nitrogens with one attached hydrogen (secondary N) is 2. The lowest BCUT2D eigenvalue weighted by atomic mass is 10.00. The number of hydrogen-bond donors (Lipinski definition) is 3. The standard InChI is InChI=1S/C30H30Cl2N6O5/c1-16-34-27(30(41)38(2)37-16)28(40)35-23-9-5-7-19(26(23)32)18-6-4-8-20(25(18)31)21-11-10-17(29(36-21)42-3)14-33-22-12-13-43-15-24(22)39/h4-11,22,24,33,39H,12-15H2,1-3H3,(H,35,40). The third kappa shape index (κ3) is 6.56. The number of ether oxygens (including phenoxy) is 2. The summed E-state index contributed by atoms with van der Waals surface area (Å²) >= 11 is 13.7. The van der Waals surface area contributed by atoms with Gasteiger partial charge in [-0.2, -0.15) is 5.10 Å². The van der Waals surface area contributed by atoms with Crippen LogP contribution in [0.1, 0.15) is 28.3 Å². The van der Waals surface area contributed by atoms with Crippen LogP contribution in [-0.2, 0) is 18.3 Å². The molecule has 0 spiro atoms. The highest BCUT2D eigenvalue weighted by molar-refractivity contribution is 6.39. The number of halogens is 2. The Hall–Kier alpha value is -3.87. The zero-order valence-electron chi connectivity index (χ0n) is 23.7. The van der Waals surface area contributed by atoms with Crippen LogP contribution < -0.4 is 20.9 Å². The molecule has 3 N–H and O–H groups in total. The fourth-order valence-corrected chi connectivity index (χ4v) is 5.48. The first-order valence-corrected chi connectivity index (χ1v) is 14.3. The van der Waals surface area contributed by atoms with E-state index in [4.69, 9.17) is 37.7 Å². The van der Waals surface area contributed by atoms with Crippen LogP contribution in [0.4, 0.5) is 5.69 Å². The molecule has 0 saturated carbocycles. The number of aromatic nitrogens is 4. The molecule has 0 radical (unpaired) electrons. The summed E-state index contributed by atoms with van der Waals surface area (Å²) in [6.07, 6.45) is 0.139. The quantitative estimate of drug-likeness (QED) is 0.265. The summed E-state index contributed by atoms with van der Waals surface area (Å²) in [7, 11) is 3.00. The van der Waals surface area contributed by atoms with Crippen molar-refractivity contribution in [2.75, 3.05) is 25.6 Å². The van der Waals surface area contributed by atoms with E-state index < -0.39 is 17.6 Å². The minimum atomic E-state index is -0.706. The van der Waals surface area contributed by atoms with Crippen LogP contribution in [0.3, 0.4) is 0 Å². The Balaban J connectivity index is 1.41. The first-order chi connectivity index (χ1) is 20.7. The summed E-state index contributed by atoms with van der Waals surface area (Å²) in [6, 6.07) is 14.3. The SMILES string of the molecule is COc1nc(-c2cccc(-c3cccc(NC(=O)c4nc(C)nn(C)c4=O)c3Cl)c2Cl)ccc1CNC1CCOCC1O. The molecule has 2 aromatic carbocycles. The van der Waals surface area contributed by atoms with E-state index in [0.29, 0.717) is 59.5 Å². The number of aliphatic hydroxyl groups excluding tert-OH is 1. The Morgan fingerprint density at radius 1 is 1.09 bits per heavy atom. The zero-order valence-corrected chi connectivity index (χ0v) is 25.2. The number of rotatable bonds is 8. The summed E-state index contributed by atoms with van der Waals surface area (Å²) in [4.78, 5) is 34.1. The molecule has 11 nitrogen and oxygen atoms in total. The number of anilines is 1. The van der Waals surface area contributed by atoms with Gasteiger partial charge in [0.1, 0.15) is 5.82 Å². The van der Waals surface area contributed by atoms with E-state index in [1.807, 2.05) is 30.3 Å². The Morgan fingerprint density at radius 3 is 2.56 bits per heavy atom. The van der Waals surface area contributed by atoms with Gasteiger partial charge in [-0.05, 0) is 25.5 Å². The van der Waals surface area contributed by atoms with Crippen molar-refractivity contribution in [2.45, 2.75) is 32.0 Å². The Bertz CT molecular complexity index is 1730. The predicted octanol–water partition coefficient (Wildman–Crippen LogP) is 4.02. The number of hydrogen-bond acceptors (Lipinski definition) is 9. The van der Waals surface area contributed by atoms with Crippen LogP contribution in [0.15, 0.2) is 53.3 Å². The lowest BCUT2D eigenvalue weighted by Crippen LogP contribution is -2.46. The maximum atomic E-state index is 12.9. The molecule has 3 heterocycles. The van der Waals surface area contributed by atoms with Gasteiger partial charge in [-0.1, -0.05) is 59.6 Å². The molecule has 2 aromatic heterocycles. The molecule has 0 aliphatic carbocycles. The molecule has 224 valence electrons. The summed E-state index contributed by atoms with van der Waals surface area (Å²) in [5, 5.41) is 20.8. The maximum absolute atomic E-state index is 12.9. The van der Waals surface area contributed by atoms with Crippen molar-refractivity contribution >= 4 is 34.8 Å². The minimum absolute atomic E-state index is 0.0787. The van der Waals surface area contributed by atoms with Crippen molar-refractivity contribution in [2.24, 2.45) is 7.05 Å². The van der Waals surface area contributed by atoms with E-state index in [1.165, 1.54) is 7.05 Å². The number of amides is 1. The Morgan fingerprint density at radius 2 is 1.81 bits per heavy atom. The van der Waals surface area contributed by atoms with Crippen molar-refractivity contribution in [3.8, 4) is 28.3 Å². The highest BCUT2D eigenvalue weighted by Gasteiger charge is 2.24. The van der Waals surface area contributed by atoms with E-state index in [2.05, 4.69) is 20.7 Å². The number of aliphatic hydroxyl groups is 1. The van der Waals surface area contributed by atoms with Gasteiger partial charge in [0.15, 0.2) is 5.69 Å². The van der Waals surface area contributed by atoms with Crippen molar-refractivity contribution in [3.63, 3.8) is 0 Å². The number of benzene rings is 2. The fraction of sp³-hybridized carbons (Fsp3) is 0.300. The van der Waals surface area contributed by atoms with Gasteiger partial charge in [0.2, 0.25) is 5.88 Å². The van der Waals surface area contributed by atoms with Gasteiger partial charge in [0.25, 0.3) is 11.5 Å². The van der Waals surface area contributed by atoms with E-state index in [0.717, 1.165) is 10.2 Å². The van der Waals surface area contributed by atoms with Gasteiger partial charge < -0.3 is 25.2 Å². The molecular weight excluding hydrogens is 595 g/mol. The molecular formula is C30H30Cl2N6O5. The monoisotopic (exact) mass is 624 g/mol. The first-order valence-electron chi connectivity index (χ1n) is 13.5. The average Bonchev–Trinajstić information content (AvgIpc) is 3.00. The second kappa shape index (κ2) is 13.2. The van der Waals surface area contributed by atoms with Gasteiger partial charge in [0.05, 0.1) is 41.2 Å². The van der Waals surface area contributed by atoms with Crippen LogP contribution in [-0.4, -0.2) is 63.2 Å². The summed E-state index contributed by atoms with van der Waals surface area (Å²) < 4.78 is 11.9. The Kier molecular flexibility index (Phi) is 9.38. The topological polar surface area (TPSA) is 140 Å². The number of pyridine rings is 1. The molecule has 5 rings (SSSR count). The van der Waals surface area contributed by atoms with Crippen molar-refractivity contribution < 1.29 is 19.4 Å². The normalized spacial score (nSPS) is 16.6. The third-order valence-corrected chi connectivity index (χ3v) is 7.92. The summed E-state index contributed by atoms with van der Waals surface area (Å²) in [5.41, 5.74) is 2.63. The average molecular weight is 626 g/mol. The minimum Gasteiger partial charge on any atom is -0.481 e. The molecule has 1 aliphatic heterocycles. The lowest BCUT2D eigenvalue weighted by molar-refractivity contribution is -0.0281. The predicted molar refractivity (Wildman–Crippen MR) is 164 cm³/mol. The number of carbonyl (C=O) groups excluding carboxylic acids is 1. The van der Waals surface area contributed by atoms with E-state index in [1.54, 1.807) is 32.2 Å². The van der Waals surface area contributed by atoms with Gasteiger partial charge in [-0.25, -0.2) is 14.6 Å². The number of nitrogens with zero attached hydrogens (tertiary/aromatic N) is 4. The summed E-state index contributed by atoms with van der Waals surface area (Å²) in [6.45, 7) is 2.95. The Labute approximate surface area is 257 Å². The molecule has 43 heavy (non-hydrogen) atoms. The number of aryl methyl sites for hydroxylation is 2. The van der Waals surface area contributed by atoms with E-state index >= 15 is 0 Å². The van der Waals surface area contributed by atoms with Gasteiger partial charge >= 0.3 is 0 Å². The maximum Gasteiger partial charge on any atom is 0.298 e. The molecule has 2 atom stereocenters. The third-order valence-electron chi connectivity index (χ3n) is 7.11. The van der Waals surface area contributed by atoms with Gasteiger partial charge in [-0.3, -0.25) is 9.59 Å². The smallest absolute Gasteiger partial charge is 0.298 e. The highest BCUT2D eigenvalue weighted by Crippen LogP contribution is 2.41. The van der Waals surface area contributed by atoms with Crippen molar-refractivity contribution in [1.29, 1.82) is 0 Å². The van der Waals surface area contributed by atoms with Crippen LogP contribution in [0.5, 0.6) is 5.88 Å². The van der Waals surface area contributed by atoms with Gasteiger partial charge in [0, 0.05) is 48.5 Å². The number of carbonyl (C=O) groups is 1. The molecule has 0 bridgehead atoms. The second-order valence-corrected chi connectivity index (χ2v) is 10.8. The highest BCUT2D eigenvalue weighted by atomic mass is 35.5. The molecule has 1 aliphatic rings. The van der Waals surface area contributed by atoms with E-state index in [9.17, 15) is 14.7 Å². The number of methoxy groups -OCH3 is 1. The molecule has 13 heteroatoms. The molecule has 4 aromatic rings. The largest absolute Gasteiger partial charge is 0.481 e. The van der Waals surface area contributed by atoms with Crippen LogP contribution >= 0.6 is 23.2 Å².